The van der Waals surface area contributed by atoms with Gasteiger partial charge in [0.2, 0.25) is 0 Å². The van der Waals surface area contributed by atoms with Gasteiger partial charge in [-0.3, -0.25) is 19.5 Å². The zero-order valence-electron chi connectivity index (χ0n) is 20.1. The van der Waals surface area contributed by atoms with Gasteiger partial charge in [0.15, 0.2) is 0 Å². The minimum absolute atomic E-state index is 0.0323. The van der Waals surface area contributed by atoms with Crippen LogP contribution in [0.1, 0.15) is 46.9 Å². The third-order valence-electron chi connectivity index (χ3n) is 5.80. The first kappa shape index (κ1) is 25.3. The molecule has 1 aliphatic heterocycles. The maximum absolute atomic E-state index is 13.3. The van der Waals surface area contributed by atoms with Crippen LogP contribution in [0.15, 0.2) is 77.0 Å². The highest BCUT2D eigenvalue weighted by Crippen LogP contribution is 2.42. The second kappa shape index (κ2) is 10.5. The number of carbonyl (C=O) groups excluding carboxylic acids is 3. The Morgan fingerprint density at radius 2 is 1.81 bits per heavy atom. The predicted molar refractivity (Wildman–Crippen MR) is 139 cm³/mol. The summed E-state index contributed by atoms with van der Waals surface area (Å²) in [6.07, 6.45) is 3.15. The number of hydrogen-bond acceptors (Lipinski definition) is 6. The SMILES string of the molecule is Cc1cc(/C(O)=C2/C(=O)C(=O)N(c3ccc(C(=O)OCC(C)C)cc3)C2c2cccnc2)ccc1Br. The van der Waals surface area contributed by atoms with Crippen LogP contribution in [0.25, 0.3) is 5.76 Å². The maximum atomic E-state index is 13.3. The van der Waals surface area contributed by atoms with Gasteiger partial charge in [-0.1, -0.05) is 41.9 Å². The molecule has 0 saturated carbocycles. The van der Waals surface area contributed by atoms with Crippen LogP contribution in [0.5, 0.6) is 0 Å². The fourth-order valence-electron chi connectivity index (χ4n) is 3.98. The average molecular weight is 549 g/mol. The number of aliphatic hydroxyl groups excluding tert-OH is 1. The Labute approximate surface area is 217 Å². The summed E-state index contributed by atoms with van der Waals surface area (Å²) in [7, 11) is 0. The lowest BCUT2D eigenvalue weighted by molar-refractivity contribution is -0.132. The quantitative estimate of drug-likeness (QED) is 0.186. The first-order chi connectivity index (χ1) is 17.2. The number of aromatic nitrogens is 1. The molecule has 1 fully saturated rings. The van der Waals surface area contributed by atoms with Crippen molar-refractivity contribution in [1.29, 1.82) is 0 Å². The first-order valence-corrected chi connectivity index (χ1v) is 12.2. The first-order valence-electron chi connectivity index (χ1n) is 11.4. The number of carbonyl (C=O) groups is 3. The summed E-state index contributed by atoms with van der Waals surface area (Å²) in [6.45, 7) is 6.06. The topological polar surface area (TPSA) is 96.8 Å². The third kappa shape index (κ3) is 4.95. The van der Waals surface area contributed by atoms with E-state index in [0.717, 1.165) is 10.0 Å². The highest BCUT2D eigenvalue weighted by Gasteiger charge is 2.47. The number of anilines is 1. The molecule has 1 aliphatic rings. The molecule has 1 unspecified atom stereocenters. The Balaban J connectivity index is 1.79. The van der Waals surface area contributed by atoms with Crippen molar-refractivity contribution in [2.75, 3.05) is 11.5 Å². The Hall–Kier alpha value is -3.78. The molecule has 4 rings (SSSR count). The fourth-order valence-corrected chi connectivity index (χ4v) is 4.23. The van der Waals surface area contributed by atoms with Gasteiger partial charge in [-0.05, 0) is 66.4 Å². The molecule has 3 aromatic rings. The second-order valence-electron chi connectivity index (χ2n) is 8.96. The molecular weight excluding hydrogens is 524 g/mol. The van der Waals surface area contributed by atoms with E-state index >= 15 is 0 Å². The average Bonchev–Trinajstić information content (AvgIpc) is 3.14. The van der Waals surface area contributed by atoms with Gasteiger partial charge in [0, 0.05) is 28.1 Å². The number of rotatable bonds is 6. The van der Waals surface area contributed by atoms with Gasteiger partial charge >= 0.3 is 5.97 Å². The summed E-state index contributed by atoms with van der Waals surface area (Å²) >= 11 is 3.44. The van der Waals surface area contributed by atoms with Crippen LogP contribution in [-0.2, 0) is 14.3 Å². The standard InChI is InChI=1S/C28H25BrN2O5/c1-16(2)15-36-28(35)18-6-9-21(10-7-18)31-24(20-5-4-12-30-14-20)23(26(33)27(31)34)25(32)19-8-11-22(29)17(3)13-19/h4-14,16,24,32H,15H2,1-3H3/b25-23-. The van der Waals surface area contributed by atoms with Gasteiger partial charge in [-0.25, -0.2) is 4.79 Å². The summed E-state index contributed by atoms with van der Waals surface area (Å²) < 4.78 is 6.13. The van der Waals surface area contributed by atoms with E-state index in [4.69, 9.17) is 4.74 Å². The van der Waals surface area contributed by atoms with Crippen molar-refractivity contribution in [3.63, 3.8) is 0 Å². The molecule has 36 heavy (non-hydrogen) atoms. The minimum atomic E-state index is -0.901. The maximum Gasteiger partial charge on any atom is 0.338 e. The van der Waals surface area contributed by atoms with Crippen molar-refractivity contribution in [1.82, 2.24) is 4.98 Å². The van der Waals surface area contributed by atoms with Crippen molar-refractivity contribution in [3.05, 3.63) is 99.3 Å². The number of ketones is 1. The number of pyridine rings is 1. The smallest absolute Gasteiger partial charge is 0.338 e. The summed E-state index contributed by atoms with van der Waals surface area (Å²) in [5.41, 5.74) is 2.55. The molecule has 1 amide bonds. The van der Waals surface area contributed by atoms with E-state index < -0.39 is 23.7 Å². The van der Waals surface area contributed by atoms with Crippen LogP contribution in [-0.4, -0.2) is 34.4 Å². The van der Waals surface area contributed by atoms with Crippen molar-refractivity contribution < 1.29 is 24.2 Å². The van der Waals surface area contributed by atoms with E-state index in [0.29, 0.717) is 29.0 Å². The van der Waals surface area contributed by atoms with Crippen LogP contribution < -0.4 is 4.90 Å². The van der Waals surface area contributed by atoms with E-state index in [1.165, 1.54) is 4.90 Å². The van der Waals surface area contributed by atoms with Gasteiger partial charge in [0.05, 0.1) is 23.8 Å². The number of benzene rings is 2. The molecule has 1 aromatic heterocycles. The Morgan fingerprint density at radius 3 is 2.42 bits per heavy atom. The van der Waals surface area contributed by atoms with Gasteiger partial charge in [0.25, 0.3) is 11.7 Å². The molecule has 184 valence electrons. The zero-order chi connectivity index (χ0) is 26.0. The zero-order valence-corrected chi connectivity index (χ0v) is 21.7. The normalized spacial score (nSPS) is 17.0. The number of esters is 1. The largest absolute Gasteiger partial charge is 0.507 e. The summed E-state index contributed by atoms with van der Waals surface area (Å²) in [4.78, 5) is 44.3. The van der Waals surface area contributed by atoms with E-state index in [-0.39, 0.29) is 17.3 Å². The molecule has 2 heterocycles. The van der Waals surface area contributed by atoms with Crippen molar-refractivity contribution >= 4 is 45.0 Å². The molecule has 0 spiro atoms. The number of hydrogen-bond donors (Lipinski definition) is 1. The number of nitrogens with zero attached hydrogens (tertiary/aromatic N) is 2. The molecule has 0 bridgehead atoms. The van der Waals surface area contributed by atoms with Crippen LogP contribution in [0.4, 0.5) is 5.69 Å². The molecule has 1 saturated heterocycles. The highest BCUT2D eigenvalue weighted by molar-refractivity contribution is 9.10. The Kier molecular flexibility index (Phi) is 7.35. The molecule has 2 aromatic carbocycles. The number of halogens is 1. The van der Waals surface area contributed by atoms with E-state index in [1.807, 2.05) is 20.8 Å². The summed E-state index contributed by atoms with van der Waals surface area (Å²) in [5, 5.41) is 11.2. The lowest BCUT2D eigenvalue weighted by Crippen LogP contribution is -2.29. The van der Waals surface area contributed by atoms with E-state index in [9.17, 15) is 19.5 Å². The van der Waals surface area contributed by atoms with Crippen LogP contribution in [0, 0.1) is 12.8 Å². The number of ether oxygens (including phenoxy) is 1. The molecule has 8 heteroatoms. The van der Waals surface area contributed by atoms with Gasteiger partial charge in [-0.15, -0.1) is 0 Å². The van der Waals surface area contributed by atoms with Gasteiger partial charge in [-0.2, -0.15) is 0 Å². The van der Waals surface area contributed by atoms with Crippen molar-refractivity contribution in [2.45, 2.75) is 26.8 Å². The van der Waals surface area contributed by atoms with Crippen LogP contribution >= 0.6 is 15.9 Å². The minimum Gasteiger partial charge on any atom is -0.507 e. The predicted octanol–water partition coefficient (Wildman–Crippen LogP) is 5.59. The number of aliphatic hydroxyl groups is 1. The Morgan fingerprint density at radius 1 is 1.11 bits per heavy atom. The molecular formula is C28H25BrN2O5. The lowest BCUT2D eigenvalue weighted by atomic mass is 9.95. The summed E-state index contributed by atoms with van der Waals surface area (Å²) in [5.74, 6) is -2.12. The second-order valence-corrected chi connectivity index (χ2v) is 9.81. The molecule has 7 nitrogen and oxygen atoms in total. The lowest BCUT2D eigenvalue weighted by Gasteiger charge is -2.25. The number of Topliss-reactive ketones (excluding diaryl/α,β-unsaturated/α-hetero) is 1. The highest BCUT2D eigenvalue weighted by atomic mass is 79.9. The van der Waals surface area contributed by atoms with Crippen molar-refractivity contribution in [3.8, 4) is 0 Å². The van der Waals surface area contributed by atoms with Crippen LogP contribution in [0.3, 0.4) is 0 Å². The van der Waals surface area contributed by atoms with Crippen LogP contribution in [0.2, 0.25) is 0 Å². The fraction of sp³-hybridized carbons (Fsp3) is 0.214. The summed E-state index contributed by atoms with van der Waals surface area (Å²) in [6, 6.07) is 14.0. The number of amides is 1. The monoisotopic (exact) mass is 548 g/mol. The van der Waals surface area contributed by atoms with Gasteiger partial charge < -0.3 is 9.84 Å². The third-order valence-corrected chi connectivity index (χ3v) is 6.69. The number of aryl methyl sites for hydroxylation is 1. The molecule has 0 aliphatic carbocycles. The molecule has 1 N–H and O–H groups in total. The van der Waals surface area contributed by atoms with Gasteiger partial charge in [0.1, 0.15) is 5.76 Å². The molecule has 0 radical (unpaired) electrons. The van der Waals surface area contributed by atoms with E-state index in [1.54, 1.807) is 67.0 Å². The van der Waals surface area contributed by atoms with Crippen molar-refractivity contribution in [2.24, 2.45) is 5.92 Å². The molecule has 1 atom stereocenters. The Bertz CT molecular complexity index is 1350. The van der Waals surface area contributed by atoms with E-state index in [2.05, 4.69) is 20.9 Å².